The van der Waals surface area contributed by atoms with Gasteiger partial charge < -0.3 is 0 Å². The Morgan fingerprint density at radius 2 is 1.59 bits per heavy atom. The Balaban J connectivity index is 0.00000135. The van der Waals surface area contributed by atoms with E-state index in [2.05, 4.69) is 13.8 Å². The highest BCUT2D eigenvalue weighted by Crippen LogP contribution is 2.14. The van der Waals surface area contributed by atoms with Crippen LogP contribution in [0.3, 0.4) is 0 Å². The van der Waals surface area contributed by atoms with Crippen molar-refractivity contribution in [3.8, 4) is 0 Å². The minimum atomic E-state index is -3.58. The minimum Gasteiger partial charge on any atom is -0.266 e. The van der Waals surface area contributed by atoms with Crippen molar-refractivity contribution in [2.24, 2.45) is 5.92 Å². The second-order valence-corrected chi connectivity index (χ2v) is 7.86. The van der Waals surface area contributed by atoms with Crippen LogP contribution >= 0.6 is 23.2 Å². The van der Waals surface area contributed by atoms with Gasteiger partial charge in [-0.3, -0.25) is 4.18 Å². The van der Waals surface area contributed by atoms with Gasteiger partial charge in [-0.2, -0.15) is 8.42 Å². The molecule has 1 aromatic rings. The van der Waals surface area contributed by atoms with E-state index < -0.39 is 10.1 Å². The van der Waals surface area contributed by atoms with Crippen LogP contribution in [0.5, 0.6) is 0 Å². The van der Waals surface area contributed by atoms with Gasteiger partial charge in [0.25, 0.3) is 10.1 Å². The van der Waals surface area contributed by atoms with Crippen molar-refractivity contribution >= 4 is 33.3 Å². The molecule has 0 N–H and O–H groups in total. The molecule has 0 atom stereocenters. The summed E-state index contributed by atoms with van der Waals surface area (Å²) in [4.78, 5) is 0.236. The summed E-state index contributed by atoms with van der Waals surface area (Å²) in [7, 11) is -3.58. The molecule has 0 fully saturated rings. The molecule has 0 saturated heterocycles. The van der Waals surface area contributed by atoms with Gasteiger partial charge in [0.15, 0.2) is 0 Å². The largest absolute Gasteiger partial charge is 0.296 e. The van der Waals surface area contributed by atoms with Crippen LogP contribution in [0.25, 0.3) is 0 Å². The molecule has 0 amide bonds. The molecular weight excluding hydrogens is 343 g/mol. The zero-order chi connectivity index (χ0) is 17.0. The van der Waals surface area contributed by atoms with Crippen LogP contribution < -0.4 is 0 Å². The number of alkyl halides is 2. The smallest absolute Gasteiger partial charge is 0.266 e. The highest BCUT2D eigenvalue weighted by molar-refractivity contribution is 7.86. The fourth-order valence-electron chi connectivity index (χ4n) is 1.77. The van der Waals surface area contributed by atoms with Crippen LogP contribution in [0.15, 0.2) is 29.2 Å². The van der Waals surface area contributed by atoms with E-state index in [4.69, 9.17) is 27.4 Å². The van der Waals surface area contributed by atoms with Crippen LogP contribution in [0.2, 0.25) is 0 Å². The molecule has 6 heteroatoms. The Morgan fingerprint density at radius 1 is 1.05 bits per heavy atom. The monoisotopic (exact) mass is 368 g/mol. The Morgan fingerprint density at radius 3 is 2.09 bits per heavy atom. The van der Waals surface area contributed by atoms with Gasteiger partial charge in [-0.25, -0.2) is 0 Å². The lowest BCUT2D eigenvalue weighted by Gasteiger charge is -2.07. The van der Waals surface area contributed by atoms with E-state index in [1.807, 2.05) is 6.92 Å². The normalized spacial score (nSPS) is 11.2. The van der Waals surface area contributed by atoms with E-state index in [-0.39, 0.29) is 16.8 Å². The lowest BCUT2D eigenvalue weighted by Crippen LogP contribution is -2.07. The first-order chi connectivity index (χ1) is 10.3. The van der Waals surface area contributed by atoms with Crippen LogP contribution in [0, 0.1) is 12.8 Å². The number of unbranched alkanes of at least 4 members (excludes halogenated alkanes) is 2. The van der Waals surface area contributed by atoms with Crippen LogP contribution in [0.1, 0.15) is 45.1 Å². The Kier molecular flexibility index (Phi) is 12.0. The second-order valence-electron chi connectivity index (χ2n) is 5.43. The topological polar surface area (TPSA) is 43.4 Å². The van der Waals surface area contributed by atoms with Crippen molar-refractivity contribution in [1.82, 2.24) is 0 Å². The van der Waals surface area contributed by atoms with Crippen molar-refractivity contribution in [2.75, 3.05) is 11.9 Å². The summed E-state index contributed by atoms with van der Waals surface area (Å²) in [6.07, 6.45) is 4.12. The lowest BCUT2D eigenvalue weighted by atomic mass is 10.1. The Labute approximate surface area is 145 Å². The zero-order valence-electron chi connectivity index (χ0n) is 13.5. The van der Waals surface area contributed by atoms with Gasteiger partial charge in [0.2, 0.25) is 0 Å². The molecule has 0 bridgehead atoms. The van der Waals surface area contributed by atoms with Gasteiger partial charge in [-0.15, -0.1) is 23.2 Å². The fraction of sp³-hybridized carbons (Fsp3) is 0.625. The average Bonchev–Trinajstić information content (AvgIpc) is 2.43. The van der Waals surface area contributed by atoms with E-state index in [1.165, 1.54) is 6.42 Å². The van der Waals surface area contributed by atoms with Crippen molar-refractivity contribution in [2.45, 2.75) is 51.3 Å². The van der Waals surface area contributed by atoms with Crippen molar-refractivity contribution in [3.63, 3.8) is 0 Å². The molecule has 22 heavy (non-hydrogen) atoms. The molecule has 0 aliphatic rings. The third-order valence-corrected chi connectivity index (χ3v) is 4.30. The van der Waals surface area contributed by atoms with Gasteiger partial charge >= 0.3 is 0 Å². The molecule has 3 nitrogen and oxygen atoms in total. The summed E-state index contributed by atoms with van der Waals surface area (Å²) in [5, 5.41) is 0.194. The highest BCUT2D eigenvalue weighted by atomic mass is 35.5. The van der Waals surface area contributed by atoms with Crippen molar-refractivity contribution in [3.05, 3.63) is 29.8 Å². The summed E-state index contributed by atoms with van der Waals surface area (Å²) < 4.78 is 28.8. The predicted octanol–water partition coefficient (Wildman–Crippen LogP) is 5.34. The maximum Gasteiger partial charge on any atom is 0.296 e. The molecule has 0 aromatic heterocycles. The summed E-state index contributed by atoms with van der Waals surface area (Å²) in [5.74, 6) is 0.706. The fourth-order valence-corrected chi connectivity index (χ4v) is 2.72. The van der Waals surface area contributed by atoms with Gasteiger partial charge in [-0.05, 0) is 31.4 Å². The Bertz CT molecular complexity index is 485. The number of benzene rings is 1. The molecule has 1 aromatic carbocycles. The molecule has 0 aliphatic carbocycles. The van der Waals surface area contributed by atoms with Gasteiger partial charge in [0.05, 0.1) is 16.8 Å². The molecule has 128 valence electrons. The van der Waals surface area contributed by atoms with E-state index in [0.717, 1.165) is 24.8 Å². The third kappa shape index (κ3) is 10.4. The lowest BCUT2D eigenvalue weighted by molar-refractivity contribution is 0.305. The van der Waals surface area contributed by atoms with Gasteiger partial charge in [0, 0.05) is 0 Å². The molecule has 0 aliphatic heterocycles. The maximum atomic E-state index is 11.9. The molecule has 0 unspecified atom stereocenters. The average molecular weight is 369 g/mol. The van der Waals surface area contributed by atoms with Crippen molar-refractivity contribution in [1.29, 1.82) is 0 Å². The second kappa shape index (κ2) is 12.2. The summed E-state index contributed by atoms with van der Waals surface area (Å²) >= 11 is 9.53. The predicted molar refractivity (Wildman–Crippen MR) is 94.2 cm³/mol. The Hall–Kier alpha value is -0.290. The molecular formula is C16H26Cl2O3S. The van der Waals surface area contributed by atoms with E-state index in [9.17, 15) is 8.42 Å². The van der Waals surface area contributed by atoms with E-state index >= 15 is 0 Å². The number of hydrogen-bond acceptors (Lipinski definition) is 3. The molecule has 0 spiro atoms. The first kappa shape index (κ1) is 21.7. The minimum absolute atomic E-state index is 0.194. The summed E-state index contributed by atoms with van der Waals surface area (Å²) in [6, 6.07) is 6.73. The van der Waals surface area contributed by atoms with Crippen molar-refractivity contribution < 1.29 is 12.6 Å². The molecule has 0 saturated carbocycles. The number of aryl methyl sites for hydroxylation is 1. The zero-order valence-corrected chi connectivity index (χ0v) is 15.8. The standard InChI is InChI=1S/C15H24O3S.CH2Cl2/c1-13(2)7-5-4-6-12-18-19(16,17)15-10-8-14(3)9-11-15;2-1-3/h8-11,13H,4-7,12H2,1-3H3;1H2. The summed E-state index contributed by atoms with van der Waals surface area (Å²) in [5.41, 5.74) is 1.03. The maximum absolute atomic E-state index is 11.9. The van der Waals surface area contributed by atoms with Crippen LogP contribution in [-0.2, 0) is 14.3 Å². The molecule has 0 radical (unpaired) electrons. The van der Waals surface area contributed by atoms with Crippen LogP contribution in [-0.4, -0.2) is 20.4 Å². The highest BCUT2D eigenvalue weighted by Gasteiger charge is 2.14. The third-order valence-electron chi connectivity index (χ3n) is 2.97. The van der Waals surface area contributed by atoms with E-state index in [1.54, 1.807) is 24.3 Å². The van der Waals surface area contributed by atoms with Gasteiger partial charge in [-0.1, -0.05) is 50.8 Å². The number of hydrogen-bond donors (Lipinski definition) is 0. The van der Waals surface area contributed by atoms with Gasteiger partial charge in [0.1, 0.15) is 0 Å². The first-order valence-corrected chi connectivity index (χ1v) is 9.89. The molecule has 1 rings (SSSR count). The van der Waals surface area contributed by atoms with E-state index in [0.29, 0.717) is 5.92 Å². The SMILES string of the molecule is Cc1ccc(S(=O)(=O)OCCCCCC(C)C)cc1.ClCCl. The molecule has 0 heterocycles. The van der Waals surface area contributed by atoms with Crippen LogP contribution in [0.4, 0.5) is 0 Å². The first-order valence-electron chi connectivity index (χ1n) is 7.41. The summed E-state index contributed by atoms with van der Waals surface area (Å²) in [6.45, 7) is 6.58. The number of halogens is 2. The quantitative estimate of drug-likeness (QED) is 0.353. The number of rotatable bonds is 8.